The van der Waals surface area contributed by atoms with Crippen molar-refractivity contribution in [2.45, 2.75) is 34.6 Å². The van der Waals surface area contributed by atoms with Crippen LogP contribution < -0.4 is 4.90 Å². The Hall–Kier alpha value is -1.48. The number of hydrogen-bond acceptors (Lipinski definition) is 2. The summed E-state index contributed by atoms with van der Waals surface area (Å²) in [4.78, 5) is 2.47. The van der Waals surface area contributed by atoms with Crippen molar-refractivity contribution in [2.75, 3.05) is 18.0 Å². The lowest BCUT2D eigenvalue weighted by atomic mass is 9.88. The van der Waals surface area contributed by atoms with E-state index >= 15 is 0 Å². The highest BCUT2D eigenvalue weighted by Gasteiger charge is 2.31. The van der Waals surface area contributed by atoms with Gasteiger partial charge in [-0.2, -0.15) is 5.10 Å². The Kier molecular flexibility index (Phi) is 6.34. The van der Waals surface area contributed by atoms with Gasteiger partial charge in [0.05, 0.1) is 6.20 Å². The van der Waals surface area contributed by atoms with Crippen LogP contribution in [-0.4, -0.2) is 22.9 Å². The van der Waals surface area contributed by atoms with Gasteiger partial charge >= 0.3 is 0 Å². The van der Waals surface area contributed by atoms with E-state index in [1.165, 1.54) is 5.69 Å². The van der Waals surface area contributed by atoms with E-state index in [4.69, 9.17) is 11.6 Å². The van der Waals surface area contributed by atoms with E-state index in [0.717, 1.165) is 47.0 Å². The molecule has 132 valence electrons. The topological polar surface area (TPSA) is 21.1 Å². The second-order valence-electron chi connectivity index (χ2n) is 6.89. The van der Waals surface area contributed by atoms with Crippen LogP contribution in [0.25, 0.3) is 11.1 Å². The third kappa shape index (κ3) is 4.13. The largest absolute Gasteiger partial charge is 0.371 e. The van der Waals surface area contributed by atoms with Crippen molar-refractivity contribution in [1.82, 2.24) is 9.78 Å². The lowest BCUT2D eigenvalue weighted by molar-refractivity contribution is 0.340. The highest BCUT2D eigenvalue weighted by Crippen LogP contribution is 2.35. The molecule has 2 atom stereocenters. The zero-order chi connectivity index (χ0) is 17.9. The summed E-state index contributed by atoms with van der Waals surface area (Å²) >= 11 is 6.37. The third-order valence-electron chi connectivity index (χ3n) is 4.81. The van der Waals surface area contributed by atoms with E-state index in [-0.39, 0.29) is 0 Å². The van der Waals surface area contributed by atoms with Gasteiger partial charge in [-0.25, -0.2) is 0 Å². The predicted octanol–water partition coefficient (Wildman–Crippen LogP) is 5.50. The molecular formula is C20H30ClN3. The van der Waals surface area contributed by atoms with Crippen LogP contribution in [0.3, 0.4) is 0 Å². The van der Waals surface area contributed by atoms with Crippen molar-refractivity contribution < 1.29 is 0 Å². The molecule has 1 saturated heterocycles. The lowest BCUT2D eigenvalue weighted by Gasteiger charge is -2.21. The first-order valence-electron chi connectivity index (χ1n) is 8.98. The molecule has 1 aliphatic heterocycles. The summed E-state index contributed by atoms with van der Waals surface area (Å²) in [6.45, 7) is 13.2. The van der Waals surface area contributed by atoms with Crippen molar-refractivity contribution in [2.24, 2.45) is 24.8 Å². The predicted molar refractivity (Wildman–Crippen MR) is 105 cm³/mol. The minimum absolute atomic E-state index is 0.719. The van der Waals surface area contributed by atoms with Crippen LogP contribution in [0, 0.1) is 17.8 Å². The fourth-order valence-electron chi connectivity index (χ4n) is 3.56. The molecule has 0 N–H and O–H groups in total. The fourth-order valence-corrected chi connectivity index (χ4v) is 3.79. The number of nitrogens with zero attached hydrogens (tertiary/aromatic N) is 3. The third-order valence-corrected chi connectivity index (χ3v) is 5.03. The van der Waals surface area contributed by atoms with E-state index in [0.29, 0.717) is 0 Å². The Balaban J connectivity index is 0.00000100. The van der Waals surface area contributed by atoms with Crippen LogP contribution in [0.1, 0.15) is 34.6 Å². The highest BCUT2D eigenvalue weighted by atomic mass is 35.5. The zero-order valence-corrected chi connectivity index (χ0v) is 16.5. The van der Waals surface area contributed by atoms with Crippen molar-refractivity contribution in [1.29, 1.82) is 0 Å². The molecule has 0 aliphatic carbocycles. The number of aromatic nitrogens is 2. The molecule has 2 aromatic rings. The maximum absolute atomic E-state index is 6.37. The highest BCUT2D eigenvalue weighted by molar-refractivity contribution is 6.31. The lowest BCUT2D eigenvalue weighted by Crippen LogP contribution is -2.21. The summed E-state index contributed by atoms with van der Waals surface area (Å²) in [7, 11) is 1.93. The van der Waals surface area contributed by atoms with Crippen molar-refractivity contribution >= 4 is 17.3 Å². The van der Waals surface area contributed by atoms with Crippen LogP contribution in [0.4, 0.5) is 5.69 Å². The quantitative estimate of drug-likeness (QED) is 0.731. The van der Waals surface area contributed by atoms with Gasteiger partial charge in [0.1, 0.15) is 0 Å². The molecule has 2 heterocycles. The molecule has 3 rings (SSSR count). The first-order chi connectivity index (χ1) is 11.4. The Labute approximate surface area is 151 Å². The van der Waals surface area contributed by atoms with E-state index in [9.17, 15) is 0 Å². The second-order valence-corrected chi connectivity index (χ2v) is 7.33. The number of aryl methyl sites for hydroxylation is 1. The molecule has 0 saturated carbocycles. The summed E-state index contributed by atoms with van der Waals surface area (Å²) in [6.07, 6.45) is 3.91. The van der Waals surface area contributed by atoms with Crippen molar-refractivity contribution in [3.63, 3.8) is 0 Å². The average molecular weight is 348 g/mol. The molecule has 1 aliphatic rings. The molecule has 0 amide bonds. The van der Waals surface area contributed by atoms with Crippen molar-refractivity contribution in [3.8, 4) is 11.1 Å². The molecule has 3 nitrogen and oxygen atoms in total. The standard InChI is InChI=1S/C18H24ClN3.C2H6/c1-12(2)18-11-22(9-13(18)3)17-6-14(5-16(19)7-17)15-8-20-21(4)10-15;1-2/h5-8,10,12-13,18H,9,11H2,1-4H3;1-2H3. The SMILES string of the molecule is CC.CC(C)C1CN(c2cc(Cl)cc(-c3cnn(C)c3)c2)CC1C. The Bertz CT molecular complexity index is 663. The van der Waals surface area contributed by atoms with E-state index in [1.807, 2.05) is 44.0 Å². The summed E-state index contributed by atoms with van der Waals surface area (Å²) in [5.41, 5.74) is 3.47. The Morgan fingerprint density at radius 2 is 1.83 bits per heavy atom. The van der Waals surface area contributed by atoms with Crippen molar-refractivity contribution in [3.05, 3.63) is 35.6 Å². The molecule has 0 radical (unpaired) electrons. The molecule has 2 unspecified atom stereocenters. The van der Waals surface area contributed by atoms with Gasteiger partial charge in [-0.1, -0.05) is 46.2 Å². The monoisotopic (exact) mass is 347 g/mol. The molecular weight excluding hydrogens is 318 g/mol. The Morgan fingerprint density at radius 1 is 1.12 bits per heavy atom. The van der Waals surface area contributed by atoms with Crippen LogP contribution in [0.2, 0.25) is 5.02 Å². The number of benzene rings is 1. The molecule has 1 fully saturated rings. The number of hydrogen-bond donors (Lipinski definition) is 0. The molecule has 0 bridgehead atoms. The number of anilines is 1. The van der Waals surface area contributed by atoms with E-state index in [2.05, 4.69) is 42.9 Å². The minimum Gasteiger partial charge on any atom is -0.371 e. The average Bonchev–Trinajstić information content (AvgIpc) is 3.15. The molecule has 24 heavy (non-hydrogen) atoms. The van der Waals surface area contributed by atoms with Gasteiger partial charge in [-0.3, -0.25) is 4.68 Å². The first-order valence-corrected chi connectivity index (χ1v) is 9.36. The summed E-state index contributed by atoms with van der Waals surface area (Å²) in [5, 5.41) is 5.05. The Morgan fingerprint density at radius 3 is 2.38 bits per heavy atom. The molecule has 0 spiro atoms. The smallest absolute Gasteiger partial charge is 0.0568 e. The fraction of sp³-hybridized carbons (Fsp3) is 0.550. The van der Waals surface area contributed by atoms with Crippen LogP contribution in [-0.2, 0) is 7.05 Å². The molecule has 4 heteroatoms. The van der Waals surface area contributed by atoms with Gasteiger partial charge in [0.15, 0.2) is 0 Å². The van der Waals surface area contributed by atoms with E-state index in [1.54, 1.807) is 0 Å². The summed E-state index contributed by atoms with van der Waals surface area (Å²) in [5.74, 6) is 2.19. The summed E-state index contributed by atoms with van der Waals surface area (Å²) in [6, 6.07) is 6.33. The first kappa shape index (κ1) is 18.9. The van der Waals surface area contributed by atoms with Crippen LogP contribution >= 0.6 is 11.6 Å². The van der Waals surface area contributed by atoms with Crippen LogP contribution in [0.15, 0.2) is 30.6 Å². The van der Waals surface area contributed by atoms with Gasteiger partial charge in [-0.15, -0.1) is 0 Å². The van der Waals surface area contributed by atoms with Gasteiger partial charge in [0, 0.05) is 42.6 Å². The molecule has 1 aromatic carbocycles. The van der Waals surface area contributed by atoms with Gasteiger partial charge < -0.3 is 4.90 Å². The van der Waals surface area contributed by atoms with Gasteiger partial charge in [0.25, 0.3) is 0 Å². The normalized spacial score (nSPS) is 20.2. The molecule has 1 aromatic heterocycles. The summed E-state index contributed by atoms with van der Waals surface area (Å²) < 4.78 is 1.82. The van der Waals surface area contributed by atoms with Crippen LogP contribution in [0.5, 0.6) is 0 Å². The zero-order valence-electron chi connectivity index (χ0n) is 15.8. The van der Waals surface area contributed by atoms with Gasteiger partial charge in [-0.05, 0) is 41.5 Å². The maximum Gasteiger partial charge on any atom is 0.0568 e. The maximum atomic E-state index is 6.37. The number of halogens is 1. The second kappa shape index (κ2) is 8.06. The number of rotatable bonds is 3. The minimum atomic E-state index is 0.719. The van der Waals surface area contributed by atoms with E-state index < -0.39 is 0 Å². The van der Waals surface area contributed by atoms with Gasteiger partial charge in [0.2, 0.25) is 0 Å².